The van der Waals surface area contributed by atoms with E-state index in [2.05, 4.69) is 0 Å². The van der Waals surface area contributed by atoms with Gasteiger partial charge in [0.1, 0.15) is 11.6 Å². The molecule has 0 bridgehead atoms. The van der Waals surface area contributed by atoms with Crippen molar-refractivity contribution in [2.45, 2.75) is 19.3 Å². The van der Waals surface area contributed by atoms with E-state index in [0.29, 0.717) is 31.6 Å². The zero-order valence-corrected chi connectivity index (χ0v) is 13.4. The number of aliphatic hydroxyl groups excluding tert-OH is 1. The Labute approximate surface area is 130 Å². The second kappa shape index (κ2) is 8.80. The van der Waals surface area contributed by atoms with Gasteiger partial charge in [0.05, 0.1) is 6.61 Å². The number of amides is 1. The van der Waals surface area contributed by atoms with E-state index in [-0.39, 0.29) is 18.4 Å². The number of nitrogens with zero attached hydrogens (tertiary/aromatic N) is 2. The molecule has 22 heavy (non-hydrogen) atoms. The van der Waals surface area contributed by atoms with Crippen LogP contribution in [-0.4, -0.2) is 61.2 Å². The van der Waals surface area contributed by atoms with E-state index < -0.39 is 11.6 Å². The maximum absolute atomic E-state index is 13.7. The number of hydrogen-bond acceptors (Lipinski definition) is 3. The Kier molecular flexibility index (Phi) is 7.41. The van der Waals surface area contributed by atoms with Crippen LogP contribution in [0, 0.1) is 11.6 Å². The molecule has 124 valence electrons. The number of carbonyl (C=O) groups excluding carboxylic acids is 1. The minimum Gasteiger partial charge on any atom is -0.395 e. The first kappa shape index (κ1) is 18.5. The summed E-state index contributed by atoms with van der Waals surface area (Å²) in [5.74, 6) is -1.45. The minimum absolute atomic E-state index is 0.0424. The van der Waals surface area contributed by atoms with Gasteiger partial charge in [-0.3, -0.25) is 4.79 Å². The number of likely N-dealkylation sites (N-methyl/N-ethyl adjacent to an activating group) is 2. The highest BCUT2D eigenvalue weighted by Crippen LogP contribution is 2.20. The van der Waals surface area contributed by atoms with Crippen molar-refractivity contribution in [3.63, 3.8) is 0 Å². The standard InChI is InChI=1S/C16H24F2N2O2/c1-12(14-5-4-13(17)10-15(14)18)11-20(3)16(22)6-7-19(2)8-9-21/h4-5,10,12,21H,6-9,11H2,1-3H3. The average molecular weight is 314 g/mol. The van der Waals surface area contributed by atoms with E-state index >= 15 is 0 Å². The fraction of sp³-hybridized carbons (Fsp3) is 0.562. The summed E-state index contributed by atoms with van der Waals surface area (Å²) in [7, 11) is 3.51. The number of halogens is 2. The van der Waals surface area contributed by atoms with Gasteiger partial charge in [-0.05, 0) is 18.7 Å². The van der Waals surface area contributed by atoms with E-state index in [1.54, 1.807) is 18.9 Å². The number of hydrogen-bond donors (Lipinski definition) is 1. The van der Waals surface area contributed by atoms with Crippen LogP contribution in [-0.2, 0) is 4.79 Å². The molecule has 0 aliphatic heterocycles. The maximum Gasteiger partial charge on any atom is 0.223 e. The van der Waals surface area contributed by atoms with Gasteiger partial charge in [0.15, 0.2) is 0 Å². The van der Waals surface area contributed by atoms with E-state index in [1.165, 1.54) is 12.1 Å². The summed E-state index contributed by atoms with van der Waals surface area (Å²) in [6, 6.07) is 3.50. The van der Waals surface area contributed by atoms with Crippen LogP contribution in [0.3, 0.4) is 0 Å². The van der Waals surface area contributed by atoms with Crippen LogP contribution in [0.15, 0.2) is 18.2 Å². The van der Waals surface area contributed by atoms with Gasteiger partial charge in [0, 0.05) is 45.1 Å². The highest BCUT2D eigenvalue weighted by Gasteiger charge is 2.17. The Hall–Kier alpha value is -1.53. The van der Waals surface area contributed by atoms with Gasteiger partial charge >= 0.3 is 0 Å². The second-order valence-electron chi connectivity index (χ2n) is 5.62. The summed E-state index contributed by atoms with van der Waals surface area (Å²) < 4.78 is 26.6. The average Bonchev–Trinajstić information content (AvgIpc) is 2.44. The van der Waals surface area contributed by atoms with Crippen molar-refractivity contribution in [2.24, 2.45) is 0 Å². The molecule has 1 atom stereocenters. The van der Waals surface area contributed by atoms with Crippen molar-refractivity contribution in [1.82, 2.24) is 9.80 Å². The van der Waals surface area contributed by atoms with E-state index in [0.717, 1.165) is 6.07 Å². The topological polar surface area (TPSA) is 43.8 Å². The molecule has 1 aromatic rings. The predicted molar refractivity (Wildman–Crippen MR) is 81.6 cm³/mol. The lowest BCUT2D eigenvalue weighted by atomic mass is 10.00. The lowest BCUT2D eigenvalue weighted by Gasteiger charge is -2.23. The van der Waals surface area contributed by atoms with Crippen molar-refractivity contribution in [2.75, 3.05) is 40.3 Å². The zero-order valence-electron chi connectivity index (χ0n) is 13.4. The summed E-state index contributed by atoms with van der Waals surface area (Å²) in [6.45, 7) is 3.31. The van der Waals surface area contributed by atoms with Crippen molar-refractivity contribution >= 4 is 5.91 Å². The molecule has 0 spiro atoms. The molecule has 0 saturated carbocycles. The van der Waals surface area contributed by atoms with Crippen LogP contribution in [0.4, 0.5) is 8.78 Å². The first-order valence-electron chi connectivity index (χ1n) is 7.33. The van der Waals surface area contributed by atoms with Crippen LogP contribution in [0.1, 0.15) is 24.8 Å². The van der Waals surface area contributed by atoms with Crippen molar-refractivity contribution < 1.29 is 18.7 Å². The summed E-state index contributed by atoms with van der Waals surface area (Å²) in [6.07, 6.45) is 0.339. The molecule has 1 aromatic carbocycles. The maximum atomic E-state index is 13.7. The number of rotatable bonds is 8. The van der Waals surface area contributed by atoms with Gasteiger partial charge in [-0.2, -0.15) is 0 Å². The molecule has 0 aromatic heterocycles. The monoisotopic (exact) mass is 314 g/mol. The fourth-order valence-electron chi connectivity index (χ4n) is 2.27. The van der Waals surface area contributed by atoms with Gasteiger partial charge in [-0.1, -0.05) is 13.0 Å². The molecule has 1 unspecified atom stereocenters. The SMILES string of the molecule is CC(CN(C)C(=O)CCN(C)CCO)c1ccc(F)cc1F. The number of carbonyl (C=O) groups is 1. The molecule has 1 rings (SSSR count). The molecule has 6 heteroatoms. The highest BCUT2D eigenvalue weighted by molar-refractivity contribution is 5.76. The lowest BCUT2D eigenvalue weighted by molar-refractivity contribution is -0.130. The summed E-state index contributed by atoms with van der Waals surface area (Å²) >= 11 is 0. The van der Waals surface area contributed by atoms with Gasteiger partial charge in [0.25, 0.3) is 0 Å². The first-order valence-corrected chi connectivity index (χ1v) is 7.33. The lowest BCUT2D eigenvalue weighted by Crippen LogP contribution is -2.34. The fourth-order valence-corrected chi connectivity index (χ4v) is 2.27. The van der Waals surface area contributed by atoms with Gasteiger partial charge < -0.3 is 14.9 Å². The zero-order chi connectivity index (χ0) is 16.7. The Morgan fingerprint density at radius 1 is 1.27 bits per heavy atom. The van der Waals surface area contributed by atoms with E-state index in [1.807, 2.05) is 11.9 Å². The molecule has 1 amide bonds. The Balaban J connectivity index is 2.52. The molecule has 0 saturated heterocycles. The molecular formula is C16H24F2N2O2. The van der Waals surface area contributed by atoms with Gasteiger partial charge in [0.2, 0.25) is 5.91 Å². The third kappa shape index (κ3) is 5.69. The summed E-state index contributed by atoms with van der Waals surface area (Å²) in [5.41, 5.74) is 0.401. The van der Waals surface area contributed by atoms with Gasteiger partial charge in [-0.25, -0.2) is 8.78 Å². The van der Waals surface area contributed by atoms with Crippen LogP contribution in [0.2, 0.25) is 0 Å². The third-order valence-electron chi connectivity index (χ3n) is 3.66. The first-order chi connectivity index (χ1) is 10.3. The molecule has 0 aliphatic rings. The quantitative estimate of drug-likeness (QED) is 0.796. The molecule has 0 fully saturated rings. The number of benzene rings is 1. The van der Waals surface area contributed by atoms with Crippen molar-refractivity contribution in [1.29, 1.82) is 0 Å². The van der Waals surface area contributed by atoms with Crippen LogP contribution in [0.25, 0.3) is 0 Å². The molecule has 0 aliphatic carbocycles. The highest BCUT2D eigenvalue weighted by atomic mass is 19.1. The summed E-state index contributed by atoms with van der Waals surface area (Å²) in [4.78, 5) is 15.5. The van der Waals surface area contributed by atoms with Crippen LogP contribution >= 0.6 is 0 Å². The van der Waals surface area contributed by atoms with Crippen molar-refractivity contribution in [3.05, 3.63) is 35.4 Å². The van der Waals surface area contributed by atoms with E-state index in [4.69, 9.17) is 5.11 Å². The summed E-state index contributed by atoms with van der Waals surface area (Å²) in [5, 5.41) is 8.80. The van der Waals surface area contributed by atoms with Gasteiger partial charge in [-0.15, -0.1) is 0 Å². The number of aliphatic hydroxyl groups is 1. The second-order valence-corrected chi connectivity index (χ2v) is 5.62. The molecule has 0 heterocycles. The molecular weight excluding hydrogens is 290 g/mol. The van der Waals surface area contributed by atoms with Crippen LogP contribution < -0.4 is 0 Å². The normalized spacial score (nSPS) is 12.5. The Morgan fingerprint density at radius 3 is 2.55 bits per heavy atom. The largest absolute Gasteiger partial charge is 0.395 e. The Bertz CT molecular complexity index is 497. The molecule has 1 N–H and O–H groups in total. The predicted octanol–water partition coefficient (Wildman–Crippen LogP) is 1.84. The van der Waals surface area contributed by atoms with Crippen molar-refractivity contribution in [3.8, 4) is 0 Å². The van der Waals surface area contributed by atoms with Crippen LogP contribution in [0.5, 0.6) is 0 Å². The Morgan fingerprint density at radius 2 is 1.95 bits per heavy atom. The third-order valence-corrected chi connectivity index (χ3v) is 3.66. The van der Waals surface area contributed by atoms with E-state index in [9.17, 15) is 13.6 Å². The molecule has 4 nitrogen and oxygen atoms in total. The molecule has 0 radical (unpaired) electrons. The smallest absolute Gasteiger partial charge is 0.223 e. The minimum atomic E-state index is -0.607.